The summed E-state index contributed by atoms with van der Waals surface area (Å²) in [5.74, 6) is 0. The summed E-state index contributed by atoms with van der Waals surface area (Å²) in [6.07, 6.45) is -1.76. The first-order valence-corrected chi connectivity index (χ1v) is 11.2. The first kappa shape index (κ1) is 23.5. The summed E-state index contributed by atoms with van der Waals surface area (Å²) >= 11 is 0. The van der Waals surface area contributed by atoms with Crippen LogP contribution in [-0.4, -0.2) is 49.1 Å². The number of anilines is 1. The lowest BCUT2D eigenvalue weighted by Gasteiger charge is -2.48. The third-order valence-electron chi connectivity index (χ3n) is 5.60. The number of alkyl halides is 1. The van der Waals surface area contributed by atoms with Gasteiger partial charge in [-0.15, -0.1) is 0 Å². The minimum absolute atomic E-state index is 0.0379. The van der Waals surface area contributed by atoms with Crippen molar-refractivity contribution in [3.05, 3.63) is 70.3 Å². The first-order valence-electron chi connectivity index (χ1n) is 10.0. The molecule has 1 saturated heterocycles. The monoisotopic (exact) mass is 465 g/mol. The van der Waals surface area contributed by atoms with Gasteiger partial charge >= 0.3 is 6.09 Å². The number of nitrogens with zero attached hydrogens (tertiary/aromatic N) is 3. The molecule has 2 atom stereocenters. The van der Waals surface area contributed by atoms with E-state index >= 15 is 4.39 Å². The molecule has 3 rings (SSSR count). The topological polar surface area (TPSA) is 110 Å². The van der Waals surface area contributed by atoms with Gasteiger partial charge in [-0.2, -0.15) is 0 Å². The van der Waals surface area contributed by atoms with Crippen LogP contribution in [0.2, 0.25) is 0 Å². The Bertz CT molecular complexity index is 1020. The summed E-state index contributed by atoms with van der Waals surface area (Å²) in [5, 5.41) is 10.9. The van der Waals surface area contributed by atoms with Crippen LogP contribution in [0.25, 0.3) is 0 Å². The van der Waals surface area contributed by atoms with Crippen LogP contribution < -0.4 is 4.31 Å². The molecule has 1 amide bonds. The van der Waals surface area contributed by atoms with Gasteiger partial charge < -0.3 is 9.64 Å². The molecule has 0 aromatic heterocycles. The number of nitro benzene ring substituents is 1. The van der Waals surface area contributed by atoms with Gasteiger partial charge in [0.05, 0.1) is 17.2 Å². The number of amides is 1. The van der Waals surface area contributed by atoms with E-state index in [1.807, 2.05) is 18.2 Å². The van der Waals surface area contributed by atoms with Crippen molar-refractivity contribution in [1.29, 1.82) is 0 Å². The number of carbonyl (C=O) groups is 1. The van der Waals surface area contributed by atoms with Crippen LogP contribution in [0.3, 0.4) is 0 Å². The van der Waals surface area contributed by atoms with Gasteiger partial charge in [-0.05, 0) is 37.5 Å². The number of benzene rings is 2. The highest BCUT2D eigenvalue weighted by atomic mass is 32.2. The van der Waals surface area contributed by atoms with Gasteiger partial charge in [-0.3, -0.25) is 14.4 Å². The molecule has 0 bridgehead atoms. The molecule has 2 aromatic carbocycles. The van der Waals surface area contributed by atoms with E-state index < -0.39 is 33.6 Å². The van der Waals surface area contributed by atoms with Gasteiger partial charge in [-0.1, -0.05) is 30.3 Å². The smallest absolute Gasteiger partial charge is 0.410 e. The number of non-ortho nitro benzene ring substituents is 1. The fourth-order valence-electron chi connectivity index (χ4n) is 3.93. The van der Waals surface area contributed by atoms with E-state index in [9.17, 15) is 23.3 Å². The molecule has 2 aromatic rings. The van der Waals surface area contributed by atoms with Crippen molar-refractivity contribution in [2.24, 2.45) is 0 Å². The largest absolute Gasteiger partial charge is 0.445 e. The zero-order valence-corrected chi connectivity index (χ0v) is 18.3. The minimum Gasteiger partial charge on any atom is -0.445 e. The predicted octanol–water partition coefficient (Wildman–Crippen LogP) is 3.46. The Morgan fingerprint density at radius 1 is 1.25 bits per heavy atom. The summed E-state index contributed by atoms with van der Waals surface area (Å²) in [6, 6.07) is 13.9. The summed E-state index contributed by atoms with van der Waals surface area (Å²) in [4.78, 5) is 24.3. The zero-order chi connectivity index (χ0) is 23.3. The summed E-state index contributed by atoms with van der Waals surface area (Å²) in [5.41, 5.74) is -0.893. The number of rotatable bonds is 7. The predicted molar refractivity (Wildman–Crippen MR) is 117 cm³/mol. The number of halogens is 1. The molecule has 2 unspecified atom stereocenters. The molecule has 11 heteroatoms. The van der Waals surface area contributed by atoms with Crippen LogP contribution in [0.5, 0.6) is 0 Å². The third-order valence-corrected chi connectivity index (χ3v) is 6.55. The number of likely N-dealkylation sites (tertiary alicyclic amines) is 1. The van der Waals surface area contributed by atoms with Gasteiger partial charge in [0, 0.05) is 18.7 Å². The average molecular weight is 466 g/mol. The Kier molecular flexibility index (Phi) is 7.29. The Morgan fingerprint density at radius 2 is 1.91 bits per heavy atom. The van der Waals surface area contributed by atoms with Crippen LogP contribution in [0, 0.1) is 10.1 Å². The van der Waals surface area contributed by atoms with E-state index in [4.69, 9.17) is 4.74 Å². The highest BCUT2D eigenvalue weighted by molar-refractivity contribution is 7.74. The molecule has 0 saturated carbocycles. The number of piperidine rings is 1. The second-order valence-electron chi connectivity index (χ2n) is 7.61. The molecule has 1 heterocycles. The van der Waals surface area contributed by atoms with Gasteiger partial charge in [0.2, 0.25) is 10.9 Å². The van der Waals surface area contributed by atoms with E-state index in [-0.39, 0.29) is 30.9 Å². The second-order valence-corrected chi connectivity index (χ2v) is 8.48. The Balaban J connectivity index is 1.85. The maximum absolute atomic E-state index is 15.0. The number of thiol groups is 1. The van der Waals surface area contributed by atoms with E-state index in [0.717, 1.165) is 22.0 Å². The number of nitro groups is 1. The highest BCUT2D eigenvalue weighted by Gasteiger charge is 2.48. The summed E-state index contributed by atoms with van der Waals surface area (Å²) in [7, 11) is -3.31. The molecule has 1 aliphatic heterocycles. The number of hydrogen-bond acceptors (Lipinski definition) is 6. The Labute approximate surface area is 186 Å². The van der Waals surface area contributed by atoms with E-state index in [2.05, 4.69) is 0 Å². The molecule has 9 nitrogen and oxygen atoms in total. The van der Waals surface area contributed by atoms with Gasteiger partial charge in [0.15, 0.2) is 0 Å². The third kappa shape index (κ3) is 4.98. The maximum atomic E-state index is 15.0. The molecule has 1 fully saturated rings. The van der Waals surface area contributed by atoms with Gasteiger partial charge in [0.1, 0.15) is 18.3 Å². The van der Waals surface area contributed by atoms with Gasteiger partial charge in [-0.25, -0.2) is 17.6 Å². The fraction of sp³-hybridized carbons (Fsp3) is 0.381. The lowest BCUT2D eigenvalue weighted by Crippen LogP contribution is -2.64. The Morgan fingerprint density at radius 3 is 2.47 bits per heavy atom. The first-order chi connectivity index (χ1) is 15.2. The van der Waals surface area contributed by atoms with Crippen molar-refractivity contribution in [3.63, 3.8) is 0 Å². The lowest BCUT2D eigenvalue weighted by atomic mass is 9.84. The van der Waals surface area contributed by atoms with Crippen LogP contribution in [0.1, 0.15) is 25.3 Å². The van der Waals surface area contributed by atoms with Crippen LogP contribution >= 0.6 is 0 Å². The molecule has 0 aliphatic carbocycles. The average Bonchev–Trinajstić information content (AvgIpc) is 2.78. The molecule has 0 radical (unpaired) electrons. The molecular weight excluding hydrogens is 441 g/mol. The van der Waals surface area contributed by atoms with Crippen molar-refractivity contribution < 1.29 is 27.3 Å². The van der Waals surface area contributed by atoms with Crippen molar-refractivity contribution in [2.45, 2.75) is 38.1 Å². The highest BCUT2D eigenvalue weighted by Crippen LogP contribution is 2.37. The van der Waals surface area contributed by atoms with Crippen LogP contribution in [0.4, 0.5) is 20.6 Å². The molecule has 0 spiro atoms. The second kappa shape index (κ2) is 9.94. The standard InChI is InChI=1S/C21H24FN3O6S/c1-16(22)21(24(32(29)30)18-8-10-19(11-9-18)25(27)28)12-5-13-23(15-21)20(26)31-14-17-6-3-2-4-7-17/h2-4,6-11,16,32H,5,12-15H2,1H3. The summed E-state index contributed by atoms with van der Waals surface area (Å²) < 4.78 is 45.8. The van der Waals surface area contributed by atoms with Crippen molar-refractivity contribution in [3.8, 4) is 0 Å². The molecule has 172 valence electrons. The molecule has 1 aliphatic rings. The zero-order valence-electron chi connectivity index (χ0n) is 17.4. The van der Waals surface area contributed by atoms with Crippen molar-refractivity contribution in [2.75, 3.05) is 17.4 Å². The molecule has 0 N–H and O–H groups in total. The number of carbonyl (C=O) groups excluding carboxylic acids is 1. The Hall–Kier alpha value is -3.21. The lowest BCUT2D eigenvalue weighted by molar-refractivity contribution is -0.384. The minimum atomic E-state index is -3.31. The van der Waals surface area contributed by atoms with Crippen LogP contribution in [-0.2, 0) is 22.2 Å². The number of ether oxygens (including phenoxy) is 1. The maximum Gasteiger partial charge on any atom is 0.410 e. The van der Waals surface area contributed by atoms with Crippen molar-refractivity contribution in [1.82, 2.24) is 4.90 Å². The summed E-state index contributed by atoms with van der Waals surface area (Å²) in [6.45, 7) is 1.37. The molecular formula is C21H24FN3O6S. The SMILES string of the molecule is CC(F)C1(N(c2ccc([N+](=O)[O-])cc2)[SH](=O)=O)CCCN(C(=O)OCc2ccccc2)C1. The van der Waals surface area contributed by atoms with E-state index in [0.29, 0.717) is 13.0 Å². The van der Waals surface area contributed by atoms with E-state index in [1.54, 1.807) is 12.1 Å². The van der Waals surface area contributed by atoms with Gasteiger partial charge in [0.25, 0.3) is 5.69 Å². The van der Waals surface area contributed by atoms with E-state index in [1.165, 1.54) is 24.0 Å². The quantitative estimate of drug-likeness (QED) is 0.381. The number of hydrogen-bond donors (Lipinski definition) is 1. The normalized spacial score (nSPS) is 19.4. The van der Waals surface area contributed by atoms with Crippen LogP contribution in [0.15, 0.2) is 54.6 Å². The van der Waals surface area contributed by atoms with Crippen molar-refractivity contribution >= 4 is 28.4 Å². The fourth-order valence-corrected chi connectivity index (χ4v) is 4.90. The molecule has 32 heavy (non-hydrogen) atoms.